The lowest BCUT2D eigenvalue weighted by Crippen LogP contribution is -2.31. The number of carbonyl (C=O) groups is 2. The van der Waals surface area contributed by atoms with Gasteiger partial charge in [0.1, 0.15) is 0 Å². The van der Waals surface area contributed by atoms with Crippen LogP contribution in [0.1, 0.15) is 45.5 Å². The number of benzene rings is 2. The first-order chi connectivity index (χ1) is 12.5. The highest BCUT2D eigenvalue weighted by atomic mass is 32.1. The molecule has 134 valence electrons. The van der Waals surface area contributed by atoms with E-state index in [1.165, 1.54) is 11.3 Å². The van der Waals surface area contributed by atoms with Crippen molar-refractivity contribution in [2.75, 3.05) is 0 Å². The van der Waals surface area contributed by atoms with Gasteiger partial charge in [0.2, 0.25) is 0 Å². The lowest BCUT2D eigenvalue weighted by atomic mass is 9.95. The van der Waals surface area contributed by atoms with Crippen molar-refractivity contribution in [1.82, 2.24) is 10.8 Å². The Bertz CT molecular complexity index is 899. The van der Waals surface area contributed by atoms with Gasteiger partial charge in [-0.1, -0.05) is 44.2 Å². The van der Waals surface area contributed by atoms with Gasteiger partial charge >= 0.3 is 0 Å². The molecule has 6 heteroatoms. The minimum absolute atomic E-state index is 0.109. The van der Waals surface area contributed by atoms with Crippen LogP contribution < -0.4 is 10.8 Å². The molecule has 0 aliphatic heterocycles. The zero-order valence-electron chi connectivity index (χ0n) is 14.5. The molecule has 2 amide bonds. The third-order valence-electron chi connectivity index (χ3n) is 4.24. The molecule has 0 fully saturated rings. The van der Waals surface area contributed by atoms with Gasteiger partial charge in [-0.2, -0.15) is 0 Å². The third-order valence-corrected chi connectivity index (χ3v) is 5.35. The molecule has 3 N–H and O–H groups in total. The summed E-state index contributed by atoms with van der Waals surface area (Å²) in [5.41, 5.74) is 2.87. The lowest BCUT2D eigenvalue weighted by molar-refractivity contribution is 0.0706. The summed E-state index contributed by atoms with van der Waals surface area (Å²) in [6, 6.07) is 16.5. The second kappa shape index (κ2) is 7.68. The van der Waals surface area contributed by atoms with E-state index in [1.807, 2.05) is 44.2 Å². The molecule has 2 aromatic carbocycles. The smallest absolute Gasteiger partial charge is 0.274 e. The van der Waals surface area contributed by atoms with Gasteiger partial charge in [-0.05, 0) is 41.1 Å². The summed E-state index contributed by atoms with van der Waals surface area (Å²) in [4.78, 5) is 24.8. The van der Waals surface area contributed by atoms with Crippen LogP contribution in [-0.4, -0.2) is 17.0 Å². The summed E-state index contributed by atoms with van der Waals surface area (Å²) in [5.74, 6) is -0.500. The molecule has 3 rings (SSSR count). The number of hydrogen-bond acceptors (Lipinski definition) is 4. The highest BCUT2D eigenvalue weighted by molar-refractivity contribution is 7.20. The Kier molecular flexibility index (Phi) is 5.35. The second-order valence-corrected chi connectivity index (χ2v) is 7.49. The minimum atomic E-state index is -0.563. The van der Waals surface area contributed by atoms with Gasteiger partial charge in [0, 0.05) is 10.3 Å². The molecule has 3 aromatic rings. The van der Waals surface area contributed by atoms with Crippen molar-refractivity contribution in [3.8, 4) is 0 Å². The van der Waals surface area contributed by atoms with Crippen molar-refractivity contribution in [1.29, 1.82) is 0 Å². The first kappa shape index (κ1) is 18.1. The summed E-state index contributed by atoms with van der Waals surface area (Å²) in [6.45, 7) is 4.06. The van der Waals surface area contributed by atoms with Crippen molar-refractivity contribution in [3.05, 3.63) is 70.6 Å². The van der Waals surface area contributed by atoms with E-state index in [0.717, 1.165) is 15.6 Å². The molecule has 5 nitrogen and oxygen atoms in total. The number of rotatable bonds is 5. The molecule has 1 atom stereocenters. The minimum Gasteiger partial charge on any atom is -0.344 e. The monoisotopic (exact) mass is 368 g/mol. The van der Waals surface area contributed by atoms with E-state index in [9.17, 15) is 9.59 Å². The van der Waals surface area contributed by atoms with E-state index in [2.05, 4.69) is 5.32 Å². The van der Waals surface area contributed by atoms with E-state index in [4.69, 9.17) is 5.21 Å². The van der Waals surface area contributed by atoms with Crippen molar-refractivity contribution in [2.24, 2.45) is 5.92 Å². The van der Waals surface area contributed by atoms with E-state index in [0.29, 0.717) is 10.4 Å². The van der Waals surface area contributed by atoms with Crippen LogP contribution in [0.2, 0.25) is 0 Å². The van der Waals surface area contributed by atoms with Gasteiger partial charge in [-0.3, -0.25) is 14.8 Å². The molecule has 0 aliphatic carbocycles. The van der Waals surface area contributed by atoms with E-state index in [1.54, 1.807) is 29.7 Å². The van der Waals surface area contributed by atoms with Crippen molar-refractivity contribution in [2.45, 2.75) is 19.9 Å². The van der Waals surface area contributed by atoms with Crippen LogP contribution in [0.3, 0.4) is 0 Å². The molecule has 0 spiro atoms. The Hall–Kier alpha value is -2.70. The zero-order chi connectivity index (χ0) is 18.7. The third kappa shape index (κ3) is 3.76. The summed E-state index contributed by atoms with van der Waals surface area (Å²) in [7, 11) is 0. The molecule has 0 saturated heterocycles. The second-order valence-electron chi connectivity index (χ2n) is 6.41. The Balaban J connectivity index is 1.81. The average Bonchev–Trinajstić information content (AvgIpc) is 3.09. The van der Waals surface area contributed by atoms with Gasteiger partial charge in [0.15, 0.2) is 0 Å². The largest absolute Gasteiger partial charge is 0.344 e. The maximum atomic E-state index is 12.7. The Labute approximate surface area is 155 Å². The van der Waals surface area contributed by atoms with Crippen LogP contribution in [0, 0.1) is 5.92 Å². The van der Waals surface area contributed by atoms with Crippen LogP contribution in [0.15, 0.2) is 54.6 Å². The molecular weight excluding hydrogens is 348 g/mol. The highest BCUT2D eigenvalue weighted by Crippen LogP contribution is 2.27. The van der Waals surface area contributed by atoms with Crippen molar-refractivity contribution < 1.29 is 14.8 Å². The van der Waals surface area contributed by atoms with E-state index < -0.39 is 5.91 Å². The highest BCUT2D eigenvalue weighted by Gasteiger charge is 2.20. The van der Waals surface area contributed by atoms with Gasteiger partial charge in [0.25, 0.3) is 11.8 Å². The molecular formula is C20H20N2O3S. The molecule has 0 aliphatic rings. The topological polar surface area (TPSA) is 78.4 Å². The molecule has 0 saturated carbocycles. The summed E-state index contributed by atoms with van der Waals surface area (Å²) < 4.78 is 1.08. The van der Waals surface area contributed by atoms with Gasteiger partial charge in [0.05, 0.1) is 10.9 Å². The van der Waals surface area contributed by atoms with Crippen molar-refractivity contribution in [3.63, 3.8) is 0 Å². The number of amides is 2. The summed E-state index contributed by atoms with van der Waals surface area (Å²) in [5, 5.41) is 12.9. The summed E-state index contributed by atoms with van der Waals surface area (Å²) in [6.07, 6.45) is 0. The van der Waals surface area contributed by atoms with E-state index in [-0.39, 0.29) is 17.9 Å². The van der Waals surface area contributed by atoms with Crippen molar-refractivity contribution >= 4 is 33.2 Å². The van der Waals surface area contributed by atoms with Crippen LogP contribution >= 0.6 is 11.3 Å². The summed E-state index contributed by atoms with van der Waals surface area (Å²) >= 11 is 1.47. The number of fused-ring (bicyclic) bond motifs is 1. The van der Waals surface area contributed by atoms with Crippen LogP contribution in [-0.2, 0) is 0 Å². The Morgan fingerprint density at radius 2 is 1.69 bits per heavy atom. The van der Waals surface area contributed by atoms with Crippen LogP contribution in [0.25, 0.3) is 10.1 Å². The van der Waals surface area contributed by atoms with Crippen LogP contribution in [0.5, 0.6) is 0 Å². The predicted octanol–water partition coefficient (Wildman–Crippen LogP) is 4.15. The quantitative estimate of drug-likeness (QED) is 0.468. The number of nitrogens with one attached hydrogen (secondary N) is 2. The SMILES string of the molecule is CC(C)[C@H](NC(=O)c1cc2ccccc2s1)c1ccc(C(=O)NO)cc1. The molecule has 0 unspecified atom stereocenters. The van der Waals surface area contributed by atoms with Gasteiger partial charge < -0.3 is 5.32 Å². The number of thiophene rings is 1. The lowest BCUT2D eigenvalue weighted by Gasteiger charge is -2.23. The first-order valence-electron chi connectivity index (χ1n) is 8.33. The van der Waals surface area contributed by atoms with E-state index >= 15 is 0 Å². The number of hydrogen-bond donors (Lipinski definition) is 3. The Morgan fingerprint density at radius 3 is 2.31 bits per heavy atom. The maximum Gasteiger partial charge on any atom is 0.274 e. The standard InChI is InChI=1S/C20H20N2O3S/c1-12(2)18(13-7-9-14(10-8-13)19(23)22-25)21-20(24)17-11-15-5-3-4-6-16(15)26-17/h3-12,18,25H,1-2H3,(H,21,24)(H,22,23)/t18-/m0/s1. The molecule has 0 radical (unpaired) electrons. The Morgan fingerprint density at radius 1 is 1.00 bits per heavy atom. The molecule has 26 heavy (non-hydrogen) atoms. The fourth-order valence-electron chi connectivity index (χ4n) is 2.85. The van der Waals surface area contributed by atoms with Gasteiger partial charge in [-0.15, -0.1) is 11.3 Å². The fourth-order valence-corrected chi connectivity index (χ4v) is 3.81. The molecule has 1 aromatic heterocycles. The average molecular weight is 368 g/mol. The van der Waals surface area contributed by atoms with Gasteiger partial charge in [-0.25, -0.2) is 5.48 Å². The fraction of sp³-hybridized carbons (Fsp3) is 0.200. The molecule has 0 bridgehead atoms. The maximum absolute atomic E-state index is 12.7. The number of carbonyl (C=O) groups excluding carboxylic acids is 2. The molecule has 1 heterocycles. The number of hydroxylamine groups is 1. The van der Waals surface area contributed by atoms with Crippen LogP contribution in [0.4, 0.5) is 0 Å². The first-order valence-corrected chi connectivity index (χ1v) is 9.15. The predicted molar refractivity (Wildman–Crippen MR) is 103 cm³/mol. The normalized spacial score (nSPS) is 12.2. The zero-order valence-corrected chi connectivity index (χ0v) is 15.3.